The molecule has 1 fully saturated rings. The lowest BCUT2D eigenvalue weighted by Crippen LogP contribution is -2.32. The van der Waals surface area contributed by atoms with Gasteiger partial charge in [0, 0.05) is 18.3 Å². The molecule has 3 atom stereocenters. The van der Waals surface area contributed by atoms with Crippen LogP contribution in [0.4, 0.5) is 0 Å². The summed E-state index contributed by atoms with van der Waals surface area (Å²) in [7, 11) is 1.65. The minimum absolute atomic E-state index is 0.0996. The average molecular weight is 272 g/mol. The Morgan fingerprint density at radius 2 is 2.10 bits per heavy atom. The van der Waals surface area contributed by atoms with Crippen molar-refractivity contribution in [3.8, 4) is 0 Å². The molecule has 0 radical (unpaired) electrons. The lowest BCUT2D eigenvalue weighted by atomic mass is 9.68. The van der Waals surface area contributed by atoms with E-state index in [0.717, 1.165) is 25.7 Å². The predicted octanol–water partition coefficient (Wildman–Crippen LogP) is 4.33. The van der Waals surface area contributed by atoms with Gasteiger partial charge in [0.05, 0.1) is 13.4 Å². The molecule has 1 aliphatic carbocycles. The third-order valence-corrected chi connectivity index (χ3v) is 4.40. The van der Waals surface area contributed by atoms with Gasteiger partial charge in [-0.25, -0.2) is 0 Å². The highest BCUT2D eigenvalue weighted by molar-refractivity contribution is 5.83. The van der Waals surface area contributed by atoms with Crippen molar-refractivity contribution in [2.45, 2.75) is 38.5 Å². The number of methoxy groups -OCH3 is 1. The second-order valence-electron chi connectivity index (χ2n) is 5.55. The molecule has 20 heavy (non-hydrogen) atoms. The lowest BCUT2D eigenvalue weighted by molar-refractivity contribution is -0.127. The zero-order valence-corrected chi connectivity index (χ0v) is 12.4. The number of rotatable bonds is 5. The molecule has 0 saturated heterocycles. The number of carbonyl (C=O) groups is 1. The van der Waals surface area contributed by atoms with Crippen LogP contribution in [0.5, 0.6) is 0 Å². The van der Waals surface area contributed by atoms with Crippen LogP contribution in [0.15, 0.2) is 42.7 Å². The Morgan fingerprint density at radius 1 is 1.35 bits per heavy atom. The van der Waals surface area contributed by atoms with E-state index in [0.29, 0.717) is 11.7 Å². The molecule has 0 amide bonds. The number of ketones is 1. The molecule has 0 aliphatic heterocycles. The standard InChI is InChI=1S/C18H24O2/c1-3-14-10-7-11-17(19)18(14)16(12-13-20-2)15-8-5-4-6-9-15/h4-6,8-9,12-14,16,18H,3,7,10-11H2,1-2H3/b13-12-/t14-,16-,18-/m0/s1. The zero-order valence-electron chi connectivity index (χ0n) is 12.4. The van der Waals surface area contributed by atoms with Gasteiger partial charge in [0.15, 0.2) is 0 Å². The summed E-state index contributed by atoms with van der Waals surface area (Å²) in [6, 6.07) is 10.3. The van der Waals surface area contributed by atoms with Crippen molar-refractivity contribution in [2.75, 3.05) is 7.11 Å². The molecule has 1 aromatic rings. The molecule has 0 bridgehead atoms. The normalized spacial score (nSPS) is 24.8. The van der Waals surface area contributed by atoms with E-state index in [1.54, 1.807) is 13.4 Å². The van der Waals surface area contributed by atoms with Crippen molar-refractivity contribution < 1.29 is 9.53 Å². The quantitative estimate of drug-likeness (QED) is 0.746. The van der Waals surface area contributed by atoms with Crippen LogP contribution in [0, 0.1) is 11.8 Å². The molecule has 2 heteroatoms. The first-order valence-electron chi connectivity index (χ1n) is 7.55. The molecular weight excluding hydrogens is 248 g/mol. The van der Waals surface area contributed by atoms with E-state index in [2.05, 4.69) is 19.1 Å². The van der Waals surface area contributed by atoms with Crippen LogP contribution in [0.1, 0.15) is 44.1 Å². The van der Waals surface area contributed by atoms with Crippen LogP contribution >= 0.6 is 0 Å². The highest BCUT2D eigenvalue weighted by Crippen LogP contribution is 2.40. The number of ether oxygens (including phenoxy) is 1. The SMILES string of the molecule is CC[C@H]1CCCC(=O)[C@@H]1[C@@H](/C=C\OC)c1ccccc1. The molecule has 0 unspecified atom stereocenters. The molecule has 1 aliphatic rings. The zero-order chi connectivity index (χ0) is 14.4. The lowest BCUT2D eigenvalue weighted by Gasteiger charge is -2.34. The summed E-state index contributed by atoms with van der Waals surface area (Å²) in [5.74, 6) is 1.14. The Morgan fingerprint density at radius 3 is 2.75 bits per heavy atom. The van der Waals surface area contributed by atoms with Crippen molar-refractivity contribution in [3.05, 3.63) is 48.2 Å². The van der Waals surface area contributed by atoms with E-state index in [4.69, 9.17) is 4.74 Å². The van der Waals surface area contributed by atoms with Crippen LogP contribution in [-0.2, 0) is 9.53 Å². The van der Waals surface area contributed by atoms with E-state index in [-0.39, 0.29) is 11.8 Å². The van der Waals surface area contributed by atoms with Crippen LogP contribution < -0.4 is 0 Å². The maximum atomic E-state index is 12.5. The van der Waals surface area contributed by atoms with E-state index in [1.165, 1.54) is 5.56 Å². The number of Topliss-reactive ketones (excluding diaryl/α,β-unsaturated/α-hetero) is 1. The van der Waals surface area contributed by atoms with Gasteiger partial charge in [-0.1, -0.05) is 43.7 Å². The Labute approximate surface area is 121 Å². The average Bonchev–Trinajstić information content (AvgIpc) is 2.50. The number of hydrogen-bond donors (Lipinski definition) is 0. The first kappa shape index (κ1) is 14.8. The molecule has 1 aromatic carbocycles. The molecule has 2 rings (SSSR count). The second kappa shape index (κ2) is 7.28. The predicted molar refractivity (Wildman–Crippen MR) is 81.5 cm³/mol. The Bertz CT molecular complexity index is 450. The van der Waals surface area contributed by atoms with Crippen molar-refractivity contribution in [1.82, 2.24) is 0 Å². The van der Waals surface area contributed by atoms with Crippen LogP contribution in [0.3, 0.4) is 0 Å². The molecule has 0 spiro atoms. The topological polar surface area (TPSA) is 26.3 Å². The molecule has 0 aromatic heterocycles. The first-order chi connectivity index (χ1) is 9.77. The fraction of sp³-hybridized carbons (Fsp3) is 0.500. The summed E-state index contributed by atoms with van der Waals surface area (Å²) in [4.78, 5) is 12.5. The minimum Gasteiger partial charge on any atom is -0.505 e. The maximum Gasteiger partial charge on any atom is 0.137 e. The van der Waals surface area contributed by atoms with Gasteiger partial charge in [-0.2, -0.15) is 0 Å². The van der Waals surface area contributed by atoms with Crippen LogP contribution in [0.25, 0.3) is 0 Å². The summed E-state index contributed by atoms with van der Waals surface area (Å²) in [5.41, 5.74) is 1.21. The molecule has 0 heterocycles. The molecular formula is C18H24O2. The summed E-state index contributed by atoms with van der Waals surface area (Å²) in [6.07, 6.45) is 7.77. The number of benzene rings is 1. The van der Waals surface area contributed by atoms with Crippen molar-refractivity contribution in [1.29, 1.82) is 0 Å². The van der Waals surface area contributed by atoms with E-state index in [1.807, 2.05) is 24.3 Å². The van der Waals surface area contributed by atoms with Crippen molar-refractivity contribution in [3.63, 3.8) is 0 Å². The van der Waals surface area contributed by atoms with Crippen molar-refractivity contribution >= 4 is 5.78 Å². The van der Waals surface area contributed by atoms with Crippen LogP contribution in [-0.4, -0.2) is 12.9 Å². The molecule has 2 nitrogen and oxygen atoms in total. The number of carbonyl (C=O) groups excluding carboxylic acids is 1. The number of allylic oxidation sites excluding steroid dienone is 1. The second-order valence-corrected chi connectivity index (χ2v) is 5.55. The minimum atomic E-state index is 0.0996. The monoisotopic (exact) mass is 272 g/mol. The van der Waals surface area contributed by atoms with Crippen molar-refractivity contribution in [2.24, 2.45) is 11.8 Å². The van der Waals surface area contributed by atoms with Gasteiger partial charge in [0.1, 0.15) is 5.78 Å². The van der Waals surface area contributed by atoms with Gasteiger partial charge in [-0.3, -0.25) is 4.79 Å². The van der Waals surface area contributed by atoms with Gasteiger partial charge in [-0.05, 0) is 30.4 Å². The highest BCUT2D eigenvalue weighted by atomic mass is 16.5. The Kier molecular flexibility index (Phi) is 5.40. The molecule has 0 N–H and O–H groups in total. The first-order valence-corrected chi connectivity index (χ1v) is 7.55. The van der Waals surface area contributed by atoms with E-state index >= 15 is 0 Å². The summed E-state index contributed by atoms with van der Waals surface area (Å²) < 4.78 is 5.10. The Hall–Kier alpha value is -1.57. The molecule has 108 valence electrons. The third-order valence-electron chi connectivity index (χ3n) is 4.40. The largest absolute Gasteiger partial charge is 0.505 e. The fourth-order valence-electron chi connectivity index (χ4n) is 3.38. The Balaban J connectivity index is 2.33. The fourth-order valence-corrected chi connectivity index (χ4v) is 3.38. The van der Waals surface area contributed by atoms with E-state index in [9.17, 15) is 4.79 Å². The van der Waals surface area contributed by atoms with Gasteiger partial charge >= 0.3 is 0 Å². The summed E-state index contributed by atoms with van der Waals surface area (Å²) >= 11 is 0. The van der Waals surface area contributed by atoms with Crippen LogP contribution in [0.2, 0.25) is 0 Å². The van der Waals surface area contributed by atoms with E-state index < -0.39 is 0 Å². The smallest absolute Gasteiger partial charge is 0.137 e. The summed E-state index contributed by atoms with van der Waals surface area (Å²) in [6.45, 7) is 2.19. The van der Waals surface area contributed by atoms with Gasteiger partial charge < -0.3 is 4.74 Å². The highest BCUT2D eigenvalue weighted by Gasteiger charge is 2.36. The van der Waals surface area contributed by atoms with Gasteiger partial charge in [0.25, 0.3) is 0 Å². The maximum absolute atomic E-state index is 12.5. The van der Waals surface area contributed by atoms with Gasteiger partial charge in [0.2, 0.25) is 0 Å². The number of hydrogen-bond acceptors (Lipinski definition) is 2. The molecule has 1 saturated carbocycles. The van der Waals surface area contributed by atoms with Gasteiger partial charge in [-0.15, -0.1) is 0 Å². The summed E-state index contributed by atoms with van der Waals surface area (Å²) in [5, 5.41) is 0. The third kappa shape index (κ3) is 3.30.